The molecule has 1 heterocycles. The highest BCUT2D eigenvalue weighted by Gasteiger charge is 2.01. The van der Waals surface area contributed by atoms with E-state index in [1.165, 1.54) is 7.11 Å². The van der Waals surface area contributed by atoms with E-state index in [9.17, 15) is 0 Å². The maximum atomic E-state index is 5.52. The Balaban J connectivity index is 2.79. The number of hydrogen-bond donors (Lipinski definition) is 2. The van der Waals surface area contributed by atoms with Gasteiger partial charge >= 0.3 is 0 Å². The molecule has 0 atom stereocenters. The van der Waals surface area contributed by atoms with Gasteiger partial charge in [0, 0.05) is 0 Å². The van der Waals surface area contributed by atoms with Crippen molar-refractivity contribution < 1.29 is 4.74 Å². The molecule has 1 aromatic rings. The second-order valence-corrected chi connectivity index (χ2v) is 3.05. The van der Waals surface area contributed by atoms with Crippen molar-refractivity contribution in [3.63, 3.8) is 0 Å². The van der Waals surface area contributed by atoms with E-state index in [0.29, 0.717) is 11.7 Å². The van der Waals surface area contributed by atoms with Gasteiger partial charge in [0.05, 0.1) is 19.0 Å². The molecule has 0 bridgehead atoms. The SMILES string of the molecule is COc1nc(C=CCCS)cnc1N. The molecule has 0 saturated heterocycles. The highest BCUT2D eigenvalue weighted by molar-refractivity contribution is 7.80. The lowest BCUT2D eigenvalue weighted by Crippen LogP contribution is -1.99. The number of hydrogen-bond acceptors (Lipinski definition) is 5. The van der Waals surface area contributed by atoms with E-state index in [2.05, 4.69) is 22.6 Å². The summed E-state index contributed by atoms with van der Waals surface area (Å²) in [5, 5.41) is 0. The molecule has 1 aromatic heterocycles. The molecule has 0 aliphatic carbocycles. The molecule has 2 N–H and O–H groups in total. The number of thiol groups is 1. The summed E-state index contributed by atoms with van der Waals surface area (Å²) in [6, 6.07) is 0. The van der Waals surface area contributed by atoms with Crippen LogP contribution in [-0.2, 0) is 0 Å². The van der Waals surface area contributed by atoms with Gasteiger partial charge in [0.1, 0.15) is 0 Å². The maximum absolute atomic E-state index is 5.52. The zero-order chi connectivity index (χ0) is 10.4. The van der Waals surface area contributed by atoms with Crippen LogP contribution in [0.5, 0.6) is 5.88 Å². The van der Waals surface area contributed by atoms with Crippen molar-refractivity contribution in [2.75, 3.05) is 18.6 Å². The van der Waals surface area contributed by atoms with Crippen molar-refractivity contribution in [2.45, 2.75) is 6.42 Å². The molecule has 0 radical (unpaired) electrons. The minimum absolute atomic E-state index is 0.304. The summed E-state index contributed by atoms with van der Waals surface area (Å²) in [5.41, 5.74) is 6.25. The van der Waals surface area contributed by atoms with Crippen molar-refractivity contribution in [1.82, 2.24) is 9.97 Å². The van der Waals surface area contributed by atoms with Crippen LogP contribution in [-0.4, -0.2) is 22.8 Å². The lowest BCUT2D eigenvalue weighted by atomic mass is 10.3. The Morgan fingerprint density at radius 1 is 1.64 bits per heavy atom. The minimum atomic E-state index is 0.304. The van der Waals surface area contributed by atoms with Crippen LogP contribution in [0.25, 0.3) is 6.08 Å². The third kappa shape index (κ3) is 2.92. The molecule has 4 nitrogen and oxygen atoms in total. The van der Waals surface area contributed by atoms with Crippen molar-refractivity contribution in [3.8, 4) is 5.88 Å². The highest BCUT2D eigenvalue weighted by Crippen LogP contribution is 2.14. The number of methoxy groups -OCH3 is 1. The van der Waals surface area contributed by atoms with Crippen molar-refractivity contribution in [2.24, 2.45) is 0 Å². The zero-order valence-electron chi connectivity index (χ0n) is 7.97. The smallest absolute Gasteiger partial charge is 0.257 e. The number of nitrogens with two attached hydrogens (primary N) is 1. The summed E-state index contributed by atoms with van der Waals surface area (Å²) in [6.45, 7) is 0. The highest BCUT2D eigenvalue weighted by atomic mass is 32.1. The summed E-state index contributed by atoms with van der Waals surface area (Å²) in [6.07, 6.45) is 6.35. The summed E-state index contributed by atoms with van der Waals surface area (Å²) in [5.74, 6) is 1.48. The predicted octanol–water partition coefficient (Wildman–Crippen LogP) is 1.40. The largest absolute Gasteiger partial charge is 0.478 e. The quantitative estimate of drug-likeness (QED) is 0.739. The van der Waals surface area contributed by atoms with E-state index < -0.39 is 0 Å². The molecule has 0 saturated carbocycles. The molecule has 0 aliphatic rings. The first-order valence-electron chi connectivity index (χ1n) is 4.22. The lowest BCUT2D eigenvalue weighted by Gasteiger charge is -2.01. The lowest BCUT2D eigenvalue weighted by molar-refractivity contribution is 0.398. The standard InChI is InChI=1S/C9H13N3OS/c1-13-9-8(10)11-6-7(12-9)4-2-3-5-14/h2,4,6,14H,3,5H2,1H3,(H2,10,11). The number of nitrogens with zero attached hydrogens (tertiary/aromatic N) is 2. The third-order valence-electron chi connectivity index (χ3n) is 1.56. The van der Waals surface area contributed by atoms with Crippen LogP contribution in [0.4, 0.5) is 5.82 Å². The zero-order valence-corrected chi connectivity index (χ0v) is 8.87. The maximum Gasteiger partial charge on any atom is 0.257 e. The first kappa shape index (κ1) is 10.8. The second kappa shape index (κ2) is 5.49. The van der Waals surface area contributed by atoms with Gasteiger partial charge < -0.3 is 10.5 Å². The van der Waals surface area contributed by atoms with Crippen molar-refractivity contribution in [1.29, 1.82) is 0 Å². The van der Waals surface area contributed by atoms with Gasteiger partial charge in [0.2, 0.25) is 0 Å². The third-order valence-corrected chi connectivity index (χ3v) is 1.82. The van der Waals surface area contributed by atoms with E-state index in [-0.39, 0.29) is 0 Å². The fraction of sp³-hybridized carbons (Fsp3) is 0.333. The van der Waals surface area contributed by atoms with Crippen LogP contribution in [0.15, 0.2) is 12.3 Å². The monoisotopic (exact) mass is 211 g/mol. The summed E-state index contributed by atoms with van der Waals surface area (Å²) < 4.78 is 4.94. The Morgan fingerprint density at radius 3 is 3.07 bits per heavy atom. The number of nitrogen functional groups attached to an aromatic ring is 1. The Labute approximate surface area is 88.6 Å². The molecule has 0 aromatic carbocycles. The predicted molar refractivity (Wildman–Crippen MR) is 60.5 cm³/mol. The molecule has 1 rings (SSSR count). The van der Waals surface area contributed by atoms with Gasteiger partial charge in [-0.3, -0.25) is 0 Å². The van der Waals surface area contributed by atoms with Gasteiger partial charge in [0.15, 0.2) is 5.82 Å². The minimum Gasteiger partial charge on any atom is -0.478 e. The van der Waals surface area contributed by atoms with E-state index in [1.54, 1.807) is 6.20 Å². The van der Waals surface area contributed by atoms with Gasteiger partial charge in [-0.25, -0.2) is 9.97 Å². The van der Waals surface area contributed by atoms with Crippen LogP contribution >= 0.6 is 12.6 Å². The van der Waals surface area contributed by atoms with E-state index in [1.807, 2.05) is 12.2 Å². The Morgan fingerprint density at radius 2 is 2.43 bits per heavy atom. The summed E-state index contributed by atoms with van der Waals surface area (Å²) in [4.78, 5) is 8.09. The normalized spacial score (nSPS) is 10.7. The summed E-state index contributed by atoms with van der Waals surface area (Å²) in [7, 11) is 1.52. The van der Waals surface area contributed by atoms with E-state index in [4.69, 9.17) is 10.5 Å². The van der Waals surface area contributed by atoms with Gasteiger partial charge in [-0.05, 0) is 18.2 Å². The van der Waals surface area contributed by atoms with Crippen molar-refractivity contribution >= 4 is 24.5 Å². The van der Waals surface area contributed by atoms with Crippen molar-refractivity contribution in [3.05, 3.63) is 18.0 Å². The number of anilines is 1. The van der Waals surface area contributed by atoms with E-state index in [0.717, 1.165) is 17.9 Å². The second-order valence-electron chi connectivity index (χ2n) is 2.60. The molecule has 76 valence electrons. The van der Waals surface area contributed by atoms with Crippen LogP contribution in [0, 0.1) is 0 Å². The van der Waals surface area contributed by atoms with Crippen LogP contribution in [0.2, 0.25) is 0 Å². The molecular weight excluding hydrogens is 198 g/mol. The van der Waals surface area contributed by atoms with Crippen LogP contribution < -0.4 is 10.5 Å². The van der Waals surface area contributed by atoms with Gasteiger partial charge in [-0.1, -0.05) is 6.08 Å². The van der Waals surface area contributed by atoms with Gasteiger partial charge in [-0.2, -0.15) is 12.6 Å². The molecule has 0 aliphatic heterocycles. The molecular formula is C9H13N3OS. The Bertz CT molecular complexity index is 328. The number of aromatic nitrogens is 2. The Hall–Kier alpha value is -1.23. The molecule has 0 spiro atoms. The van der Waals surface area contributed by atoms with Gasteiger partial charge in [0.25, 0.3) is 5.88 Å². The Kier molecular flexibility index (Phi) is 4.25. The van der Waals surface area contributed by atoms with Crippen LogP contribution in [0.1, 0.15) is 12.1 Å². The average Bonchev–Trinajstić information content (AvgIpc) is 2.21. The molecule has 0 unspecified atom stereocenters. The fourth-order valence-electron chi connectivity index (χ4n) is 0.903. The van der Waals surface area contributed by atoms with Crippen LogP contribution in [0.3, 0.4) is 0 Å². The molecule has 5 heteroatoms. The number of ether oxygens (including phenoxy) is 1. The molecule has 0 amide bonds. The topological polar surface area (TPSA) is 61.0 Å². The summed E-state index contributed by atoms with van der Waals surface area (Å²) >= 11 is 4.09. The van der Waals surface area contributed by atoms with E-state index >= 15 is 0 Å². The molecule has 14 heavy (non-hydrogen) atoms. The first-order chi connectivity index (χ1) is 6.77. The first-order valence-corrected chi connectivity index (χ1v) is 4.85. The van der Waals surface area contributed by atoms with Gasteiger partial charge in [-0.15, -0.1) is 0 Å². The average molecular weight is 211 g/mol. The molecule has 0 fully saturated rings. The fourth-order valence-corrected chi connectivity index (χ4v) is 1.05. The number of rotatable bonds is 4. The number of allylic oxidation sites excluding steroid dienone is 1.